The summed E-state index contributed by atoms with van der Waals surface area (Å²) in [7, 11) is 0. The zero-order valence-corrected chi connectivity index (χ0v) is 78.6. The summed E-state index contributed by atoms with van der Waals surface area (Å²) in [5.41, 5.74) is 28.5. The first-order valence-corrected chi connectivity index (χ1v) is 51.7. The maximum absolute atomic E-state index is 2.38. The summed E-state index contributed by atoms with van der Waals surface area (Å²) in [6.45, 7) is 63.9. The van der Waals surface area contributed by atoms with E-state index in [9.17, 15) is 0 Å². The molecule has 0 unspecified atom stereocenters. The fourth-order valence-corrected chi connectivity index (χ4v) is 13.4. The Labute approximate surface area is 687 Å². The smallest absolute Gasteiger partial charge is 1.00 e. The molecule has 0 radical (unpaired) electrons. The molecule has 0 N–H and O–H groups in total. The Kier molecular flexibility index (Phi) is 36.2. The van der Waals surface area contributed by atoms with E-state index in [4.69, 9.17) is 0 Å². The Morgan fingerprint density at radius 3 is 0.481 bits per heavy atom. The molecule has 0 heterocycles. The van der Waals surface area contributed by atoms with Crippen LogP contribution in [0.4, 0.5) is 0 Å². The minimum Gasteiger partial charge on any atom is -1.00 e. The van der Waals surface area contributed by atoms with Crippen LogP contribution in [-0.2, 0) is 46.7 Å². The zero-order chi connectivity index (χ0) is 76.9. The molecule has 12 aromatic carbocycles. The zero-order valence-electron chi connectivity index (χ0n) is 70.2. The van der Waals surface area contributed by atoms with E-state index in [2.05, 4.69) is 386 Å². The molecule has 0 aliphatic rings. The fraction of sp³-hybridized carbons (Fsp3) is 0.400. The number of hydrogen-bond acceptors (Lipinski definition) is 0. The summed E-state index contributed by atoms with van der Waals surface area (Å²) >= 11 is 3.48. The molecule has 0 aliphatic heterocycles. The van der Waals surface area contributed by atoms with Gasteiger partial charge < -0.3 is 24.8 Å². The van der Waals surface area contributed by atoms with Crippen molar-refractivity contribution in [2.75, 3.05) is 0 Å². The van der Waals surface area contributed by atoms with E-state index < -0.39 is 0 Å². The van der Waals surface area contributed by atoms with Crippen LogP contribution in [0.1, 0.15) is 304 Å². The summed E-state index contributed by atoms with van der Waals surface area (Å²) < 4.78 is 0. The molecule has 0 spiro atoms. The average molecular weight is 1640 g/mol. The second kappa shape index (κ2) is 41.9. The topological polar surface area (TPSA) is 0 Å². The molecule has 0 saturated heterocycles. The van der Waals surface area contributed by atoms with Crippen molar-refractivity contribution in [3.05, 3.63) is 261 Å². The summed E-state index contributed by atoms with van der Waals surface area (Å²) in [5.74, 6) is 6.66. The third-order valence-electron chi connectivity index (χ3n) is 20.2. The van der Waals surface area contributed by atoms with E-state index >= 15 is 0 Å². The first kappa shape index (κ1) is 91.6. The molecule has 12 rings (SSSR count). The van der Waals surface area contributed by atoms with E-state index in [-0.39, 0.29) is 35.7 Å². The SMILES string of the molecule is CC(C)c1cc(-c2cccc3[cH-]c(C(C)C)cc23)cc(C(C)C)c1.CC(C)c1cc(-c2cccc3[cH-]c(C(C)C)cc23)cc(C(C)C)c1.CC(C)c1cc(-c2cccc3[cH-]c(C(C)C)cc23)cc(C(C)C)c1.CC(C)c1cc(-c2cccc3[cH-]c(C(C)C)cc23)cc(C(C)C)c1.C[Si](C)=[Zr+2].C[Si](C)=[Zr+2].[Cl-].[Cl-]. The predicted octanol–water partition coefficient (Wildman–Crippen LogP) is 26.0. The molecule has 0 aromatic heterocycles. The average Bonchev–Trinajstić information content (AvgIpc) is 1.44. The van der Waals surface area contributed by atoms with Gasteiger partial charge >= 0.3 is 83.7 Å². The minimum atomic E-state index is 0. The van der Waals surface area contributed by atoms with Gasteiger partial charge in [-0.2, -0.15) is 24.3 Å². The van der Waals surface area contributed by atoms with Crippen molar-refractivity contribution >= 4 is 54.0 Å². The Balaban J connectivity index is 0.000000243. The van der Waals surface area contributed by atoms with E-state index in [1.54, 1.807) is 46.7 Å². The number of fused-ring (bicyclic) bond motifs is 4. The van der Waals surface area contributed by atoms with Crippen molar-refractivity contribution in [1.82, 2.24) is 0 Å². The Bertz CT molecular complexity index is 4100. The Hall–Kier alpha value is -5.02. The van der Waals surface area contributed by atoms with Crippen LogP contribution in [-0.4, -0.2) is 10.9 Å². The van der Waals surface area contributed by atoms with Gasteiger partial charge in [-0.25, -0.2) is 0 Å². The molecule has 560 valence electrons. The number of rotatable bonds is 16. The molecular weight excluding hydrogens is 1510 g/mol. The van der Waals surface area contributed by atoms with Gasteiger partial charge in [-0.05, 0) is 138 Å². The molecule has 0 bridgehead atoms. The van der Waals surface area contributed by atoms with Crippen LogP contribution in [0.15, 0.2) is 194 Å². The first-order valence-electron chi connectivity index (χ1n) is 39.3. The monoisotopic (exact) mass is 1630 g/mol. The van der Waals surface area contributed by atoms with Crippen molar-refractivity contribution in [2.45, 2.75) is 263 Å². The Morgan fingerprint density at radius 1 is 0.217 bits per heavy atom. The summed E-state index contributed by atoms with van der Waals surface area (Å²) in [6, 6.07) is 74.3. The normalized spacial score (nSPS) is 11.4. The van der Waals surface area contributed by atoms with Gasteiger partial charge in [0.05, 0.1) is 0 Å². The van der Waals surface area contributed by atoms with Crippen LogP contribution in [0.2, 0.25) is 26.2 Å². The van der Waals surface area contributed by atoms with E-state index in [0.717, 1.165) is 0 Å². The summed E-state index contributed by atoms with van der Waals surface area (Å²) in [5, 5.41) is 11.0. The van der Waals surface area contributed by atoms with Crippen molar-refractivity contribution in [3.63, 3.8) is 0 Å². The fourth-order valence-electron chi connectivity index (χ4n) is 13.4. The number of benzene rings is 8. The van der Waals surface area contributed by atoms with Crippen LogP contribution in [0.25, 0.3) is 87.6 Å². The van der Waals surface area contributed by atoms with Gasteiger partial charge in [-0.15, -0.1) is 138 Å². The van der Waals surface area contributed by atoms with Gasteiger partial charge in [0.1, 0.15) is 0 Å². The van der Waals surface area contributed by atoms with Gasteiger partial charge in [-0.3, -0.25) is 0 Å². The van der Waals surface area contributed by atoms with E-state index in [1.807, 2.05) is 0 Å². The van der Waals surface area contributed by atoms with Crippen LogP contribution in [0.3, 0.4) is 0 Å². The second-order valence-electron chi connectivity index (χ2n) is 33.8. The van der Waals surface area contributed by atoms with Gasteiger partial charge in [-0.1, -0.05) is 285 Å². The molecule has 0 nitrogen and oxygen atoms in total. The standard InChI is InChI=1S/4C24H29.2C2H6Si.2ClH.2Zr/c4*1-15(2)19-11-20(16(3)4)13-22(12-19)23-9-7-8-18-10-21(17(5)6)14-24(18)23;2*1-3-2;;;;/h4*7-17H,1-6H3;2*1-2H3;2*1H;;/q4*-1;;;;;2*+2/p-2. The van der Waals surface area contributed by atoms with Crippen molar-refractivity contribution in [2.24, 2.45) is 0 Å². The van der Waals surface area contributed by atoms with Crippen LogP contribution < -0.4 is 24.8 Å². The number of hydrogen-bond donors (Lipinski definition) is 0. The molecule has 0 saturated carbocycles. The molecule has 0 aliphatic carbocycles. The van der Waals surface area contributed by atoms with Crippen LogP contribution in [0.5, 0.6) is 0 Å². The maximum atomic E-state index is 2.38. The van der Waals surface area contributed by atoms with Crippen LogP contribution in [0, 0.1) is 0 Å². The summed E-state index contributed by atoms with van der Waals surface area (Å²) in [4.78, 5) is 0. The quantitative estimate of drug-likeness (QED) is 0.0668. The van der Waals surface area contributed by atoms with Gasteiger partial charge in [0, 0.05) is 0 Å². The molecule has 0 amide bonds. The van der Waals surface area contributed by atoms with E-state index in [1.165, 1.54) is 154 Å². The predicted molar refractivity (Wildman–Crippen MR) is 464 cm³/mol. The summed E-state index contributed by atoms with van der Waals surface area (Å²) in [6.07, 6.45) is 0. The molecular formula is C100H128Cl2Si2Zr2-2. The molecule has 0 atom stereocenters. The van der Waals surface area contributed by atoms with Gasteiger partial charge in [0.25, 0.3) is 0 Å². The van der Waals surface area contributed by atoms with Crippen LogP contribution >= 0.6 is 0 Å². The third-order valence-corrected chi connectivity index (χ3v) is 20.2. The maximum Gasteiger partial charge on any atom is -1.00 e. The molecule has 12 aromatic rings. The first-order chi connectivity index (χ1) is 48.9. The third kappa shape index (κ3) is 25.0. The van der Waals surface area contributed by atoms with Crippen molar-refractivity contribution < 1.29 is 71.5 Å². The molecule has 106 heavy (non-hydrogen) atoms. The number of halogens is 2. The molecule has 0 fully saturated rings. The van der Waals surface area contributed by atoms with Gasteiger partial charge in [0.2, 0.25) is 0 Å². The Morgan fingerprint density at radius 2 is 0.358 bits per heavy atom. The second-order valence-corrected chi connectivity index (χ2v) is 52.5. The van der Waals surface area contributed by atoms with Crippen molar-refractivity contribution in [1.29, 1.82) is 0 Å². The molecule has 6 heteroatoms. The van der Waals surface area contributed by atoms with Gasteiger partial charge in [0.15, 0.2) is 0 Å². The largest absolute Gasteiger partial charge is 1.00 e. The minimum absolute atomic E-state index is 0. The van der Waals surface area contributed by atoms with Crippen molar-refractivity contribution in [3.8, 4) is 44.5 Å². The van der Waals surface area contributed by atoms with E-state index in [0.29, 0.717) is 71.0 Å².